The van der Waals surface area contributed by atoms with Gasteiger partial charge >= 0.3 is 5.97 Å². The maximum Gasteiger partial charge on any atom is 0.356 e. The van der Waals surface area contributed by atoms with E-state index in [1.165, 1.54) is 24.3 Å². The van der Waals surface area contributed by atoms with Crippen molar-refractivity contribution in [1.82, 2.24) is 10.2 Å². The number of aromatic carboxylic acids is 1. The molecule has 0 spiro atoms. The molecule has 5 nitrogen and oxygen atoms in total. The van der Waals surface area contributed by atoms with Crippen molar-refractivity contribution in [3.63, 3.8) is 0 Å². The summed E-state index contributed by atoms with van der Waals surface area (Å²) in [6, 6.07) is 6.80. The average molecular weight is 313 g/mol. The number of hydrogen-bond donors (Lipinski definition) is 1. The third kappa shape index (κ3) is 2.80. The standard InChI is InChI=1S/C11H6BrFN2O3/c12-7-2-1-6(5-8(7)13)18-10-4-3-9(11(16)17)14-15-10/h1-5H,(H,16,17). The molecule has 1 aromatic heterocycles. The van der Waals surface area contributed by atoms with Gasteiger partial charge in [0.05, 0.1) is 4.47 Å². The molecule has 1 N–H and O–H groups in total. The normalized spacial score (nSPS) is 10.1. The first-order valence-corrected chi connectivity index (χ1v) is 5.55. The minimum absolute atomic E-state index is 0.0849. The number of carboxylic acid groups (broad SMARTS) is 1. The monoisotopic (exact) mass is 312 g/mol. The Hall–Kier alpha value is -2.02. The largest absolute Gasteiger partial charge is 0.476 e. The lowest BCUT2D eigenvalue weighted by molar-refractivity contribution is 0.0689. The van der Waals surface area contributed by atoms with Crippen LogP contribution in [0, 0.1) is 5.82 Å². The minimum atomic E-state index is -1.18. The fourth-order valence-corrected chi connectivity index (χ4v) is 1.40. The van der Waals surface area contributed by atoms with Crippen LogP contribution >= 0.6 is 15.9 Å². The Morgan fingerprint density at radius 3 is 2.61 bits per heavy atom. The van der Waals surface area contributed by atoms with E-state index in [0.717, 1.165) is 0 Å². The molecule has 0 amide bonds. The molecule has 0 saturated carbocycles. The van der Waals surface area contributed by atoms with Gasteiger partial charge in [0.25, 0.3) is 0 Å². The van der Waals surface area contributed by atoms with Crippen LogP contribution in [0.5, 0.6) is 11.6 Å². The van der Waals surface area contributed by atoms with Gasteiger partial charge in [0.15, 0.2) is 5.69 Å². The van der Waals surface area contributed by atoms with E-state index in [-0.39, 0.29) is 17.3 Å². The van der Waals surface area contributed by atoms with Gasteiger partial charge < -0.3 is 9.84 Å². The van der Waals surface area contributed by atoms with Gasteiger partial charge in [-0.15, -0.1) is 10.2 Å². The second kappa shape index (κ2) is 5.09. The number of carboxylic acids is 1. The highest BCUT2D eigenvalue weighted by Crippen LogP contribution is 2.24. The highest BCUT2D eigenvalue weighted by molar-refractivity contribution is 9.10. The summed E-state index contributed by atoms with van der Waals surface area (Å²) in [7, 11) is 0. The first kappa shape index (κ1) is 12.4. The summed E-state index contributed by atoms with van der Waals surface area (Å²) < 4.78 is 18.8. The Morgan fingerprint density at radius 1 is 1.28 bits per heavy atom. The molecule has 0 atom stereocenters. The first-order valence-electron chi connectivity index (χ1n) is 4.76. The van der Waals surface area contributed by atoms with E-state index >= 15 is 0 Å². The summed E-state index contributed by atoms with van der Waals surface area (Å²) in [5.74, 6) is -1.32. The fourth-order valence-electron chi connectivity index (χ4n) is 1.15. The number of halogens is 2. The topological polar surface area (TPSA) is 72.3 Å². The lowest BCUT2D eigenvalue weighted by Gasteiger charge is -2.04. The van der Waals surface area contributed by atoms with E-state index < -0.39 is 11.8 Å². The maximum absolute atomic E-state index is 13.2. The predicted molar refractivity (Wildman–Crippen MR) is 63.2 cm³/mol. The van der Waals surface area contributed by atoms with Crippen molar-refractivity contribution >= 4 is 21.9 Å². The van der Waals surface area contributed by atoms with Gasteiger partial charge in [0.2, 0.25) is 5.88 Å². The number of ether oxygens (including phenoxy) is 1. The molecule has 0 fully saturated rings. The number of benzene rings is 1. The SMILES string of the molecule is O=C(O)c1ccc(Oc2ccc(Br)c(F)c2)nn1. The number of rotatable bonds is 3. The van der Waals surface area contributed by atoms with Gasteiger partial charge in [0, 0.05) is 12.1 Å². The molecular formula is C11H6BrFN2O3. The van der Waals surface area contributed by atoms with Gasteiger partial charge in [-0.2, -0.15) is 0 Å². The third-order valence-corrected chi connectivity index (χ3v) is 2.62. The average Bonchev–Trinajstić information content (AvgIpc) is 2.34. The van der Waals surface area contributed by atoms with E-state index in [1.54, 1.807) is 6.07 Å². The zero-order valence-corrected chi connectivity index (χ0v) is 10.4. The van der Waals surface area contributed by atoms with Crippen molar-refractivity contribution in [2.75, 3.05) is 0 Å². The van der Waals surface area contributed by atoms with E-state index in [9.17, 15) is 9.18 Å². The fraction of sp³-hybridized carbons (Fsp3) is 0. The summed E-state index contributed by atoms with van der Waals surface area (Å²) in [5.41, 5.74) is -0.190. The summed E-state index contributed by atoms with van der Waals surface area (Å²) in [5, 5.41) is 15.6. The molecule has 92 valence electrons. The Bertz CT molecular complexity index is 589. The number of carbonyl (C=O) groups is 1. The van der Waals surface area contributed by atoms with Crippen LogP contribution in [0.15, 0.2) is 34.8 Å². The molecule has 7 heteroatoms. The van der Waals surface area contributed by atoms with E-state index in [1.807, 2.05) is 0 Å². The van der Waals surface area contributed by atoms with Crippen LogP contribution in [0.1, 0.15) is 10.5 Å². The quantitative estimate of drug-likeness (QED) is 0.943. The van der Waals surface area contributed by atoms with Crippen molar-refractivity contribution < 1.29 is 19.0 Å². The Labute approximate surface area is 109 Å². The molecule has 0 saturated heterocycles. The zero-order valence-electron chi connectivity index (χ0n) is 8.80. The molecule has 0 radical (unpaired) electrons. The molecule has 2 rings (SSSR count). The van der Waals surface area contributed by atoms with Crippen LogP contribution in [0.3, 0.4) is 0 Å². The highest BCUT2D eigenvalue weighted by atomic mass is 79.9. The smallest absolute Gasteiger partial charge is 0.356 e. The molecule has 1 aromatic carbocycles. The van der Waals surface area contributed by atoms with E-state index in [4.69, 9.17) is 9.84 Å². The van der Waals surface area contributed by atoms with Gasteiger partial charge in [-0.05, 0) is 34.1 Å². The Balaban J connectivity index is 2.18. The van der Waals surface area contributed by atoms with Gasteiger partial charge in [-0.3, -0.25) is 0 Å². The predicted octanol–water partition coefficient (Wildman–Crippen LogP) is 2.87. The second-order valence-electron chi connectivity index (χ2n) is 3.24. The van der Waals surface area contributed by atoms with Crippen LogP contribution in [0.4, 0.5) is 4.39 Å². The maximum atomic E-state index is 13.2. The number of aromatic nitrogens is 2. The minimum Gasteiger partial charge on any atom is -0.476 e. The zero-order chi connectivity index (χ0) is 13.1. The Morgan fingerprint density at radius 2 is 2.06 bits per heavy atom. The molecule has 0 aliphatic carbocycles. The molecule has 0 aliphatic rings. The third-order valence-electron chi connectivity index (χ3n) is 1.97. The van der Waals surface area contributed by atoms with Crippen LogP contribution in [-0.2, 0) is 0 Å². The highest BCUT2D eigenvalue weighted by Gasteiger charge is 2.07. The molecule has 1 heterocycles. The summed E-state index contributed by atoms with van der Waals surface area (Å²) >= 11 is 3.02. The van der Waals surface area contributed by atoms with Crippen molar-refractivity contribution in [3.05, 3.63) is 46.3 Å². The van der Waals surface area contributed by atoms with Crippen molar-refractivity contribution in [2.24, 2.45) is 0 Å². The van der Waals surface area contributed by atoms with Crippen molar-refractivity contribution in [3.8, 4) is 11.6 Å². The van der Waals surface area contributed by atoms with Crippen LogP contribution in [0.2, 0.25) is 0 Å². The number of hydrogen-bond acceptors (Lipinski definition) is 4. The summed E-state index contributed by atoms with van der Waals surface area (Å²) in [4.78, 5) is 10.6. The number of nitrogens with zero attached hydrogens (tertiary/aromatic N) is 2. The second-order valence-corrected chi connectivity index (χ2v) is 4.09. The molecular weight excluding hydrogens is 307 g/mol. The van der Waals surface area contributed by atoms with Crippen LogP contribution in [0.25, 0.3) is 0 Å². The molecule has 0 aliphatic heterocycles. The van der Waals surface area contributed by atoms with Gasteiger partial charge in [-0.25, -0.2) is 9.18 Å². The molecule has 2 aromatic rings. The lowest BCUT2D eigenvalue weighted by atomic mass is 10.3. The first-order chi connectivity index (χ1) is 8.56. The van der Waals surface area contributed by atoms with Gasteiger partial charge in [0.1, 0.15) is 11.6 Å². The molecule has 18 heavy (non-hydrogen) atoms. The van der Waals surface area contributed by atoms with Crippen LogP contribution < -0.4 is 4.74 Å². The van der Waals surface area contributed by atoms with Crippen LogP contribution in [-0.4, -0.2) is 21.3 Å². The molecule has 0 unspecified atom stereocenters. The Kier molecular flexibility index (Phi) is 3.52. The van der Waals surface area contributed by atoms with E-state index in [0.29, 0.717) is 4.47 Å². The summed E-state index contributed by atoms with van der Waals surface area (Å²) in [6.45, 7) is 0. The molecule has 0 bridgehead atoms. The lowest BCUT2D eigenvalue weighted by Crippen LogP contribution is -2.02. The van der Waals surface area contributed by atoms with Crippen molar-refractivity contribution in [1.29, 1.82) is 0 Å². The van der Waals surface area contributed by atoms with Crippen molar-refractivity contribution in [2.45, 2.75) is 0 Å². The van der Waals surface area contributed by atoms with E-state index in [2.05, 4.69) is 26.1 Å². The van der Waals surface area contributed by atoms with Gasteiger partial charge in [-0.1, -0.05) is 0 Å². The summed E-state index contributed by atoms with van der Waals surface area (Å²) in [6.07, 6.45) is 0.